The van der Waals surface area contributed by atoms with E-state index in [2.05, 4.69) is 112 Å². The Balaban J connectivity index is 1.30. The van der Waals surface area contributed by atoms with Gasteiger partial charge in [-0.25, -0.2) is 9.67 Å². The summed E-state index contributed by atoms with van der Waals surface area (Å²) in [5.74, 6) is 2.86. The lowest BCUT2D eigenvalue weighted by molar-refractivity contribution is 0.483. The van der Waals surface area contributed by atoms with Crippen LogP contribution in [0.1, 0.15) is 42.3 Å². The summed E-state index contributed by atoms with van der Waals surface area (Å²) < 4.78 is 10.8. The average Bonchev–Trinajstić information content (AvgIpc) is 3.49. The highest BCUT2D eigenvalue weighted by molar-refractivity contribution is 6.09. The van der Waals surface area contributed by atoms with E-state index >= 15 is 0 Å². The molecule has 3 aromatic heterocycles. The molecule has 3 heterocycles. The number of benzene rings is 4. The molecule has 0 fully saturated rings. The predicted molar refractivity (Wildman–Crippen MR) is 176 cm³/mol. The second-order valence-electron chi connectivity index (χ2n) is 11.6. The molecule has 212 valence electrons. The first-order valence-electron chi connectivity index (χ1n) is 14.8. The molecule has 5 heteroatoms. The Labute approximate surface area is 252 Å². The van der Waals surface area contributed by atoms with Crippen LogP contribution in [-0.2, 0) is 0 Å². The summed E-state index contributed by atoms with van der Waals surface area (Å²) in [6.45, 7) is 10.7. The highest BCUT2D eigenvalue weighted by atomic mass is 16.5. The van der Waals surface area contributed by atoms with E-state index in [0.29, 0.717) is 5.92 Å². The maximum Gasteiger partial charge on any atom is 0.137 e. The summed E-state index contributed by atoms with van der Waals surface area (Å²) in [6.07, 6.45) is 1.87. The topological polar surface area (TPSA) is 44.9 Å². The number of hydrogen-bond acceptors (Lipinski definition) is 3. The van der Waals surface area contributed by atoms with Gasteiger partial charge in [-0.2, -0.15) is 5.10 Å². The third kappa shape index (κ3) is 4.77. The maximum atomic E-state index is 6.51. The van der Waals surface area contributed by atoms with Crippen molar-refractivity contribution in [3.05, 3.63) is 132 Å². The first-order chi connectivity index (χ1) is 20.9. The summed E-state index contributed by atoms with van der Waals surface area (Å²) in [6, 6.07) is 35.8. The third-order valence-electron chi connectivity index (χ3n) is 8.21. The fourth-order valence-corrected chi connectivity index (χ4v) is 6.06. The van der Waals surface area contributed by atoms with Crippen LogP contribution >= 0.6 is 0 Å². The van der Waals surface area contributed by atoms with Gasteiger partial charge in [0.1, 0.15) is 17.3 Å². The molecule has 43 heavy (non-hydrogen) atoms. The molecule has 0 radical (unpaired) electrons. The van der Waals surface area contributed by atoms with Gasteiger partial charge in [0.05, 0.1) is 22.4 Å². The highest BCUT2D eigenvalue weighted by Gasteiger charge is 2.17. The second-order valence-corrected chi connectivity index (χ2v) is 11.6. The van der Waals surface area contributed by atoms with Crippen molar-refractivity contribution in [2.24, 2.45) is 0 Å². The van der Waals surface area contributed by atoms with E-state index in [-0.39, 0.29) is 0 Å². The van der Waals surface area contributed by atoms with Crippen LogP contribution in [0.25, 0.3) is 44.4 Å². The molecular weight excluding hydrogens is 528 g/mol. The first kappa shape index (κ1) is 26.7. The number of pyridine rings is 1. The van der Waals surface area contributed by atoms with Gasteiger partial charge in [-0.05, 0) is 91.9 Å². The lowest BCUT2D eigenvalue weighted by Crippen LogP contribution is -1.99. The van der Waals surface area contributed by atoms with E-state index in [1.54, 1.807) is 0 Å². The predicted octanol–water partition coefficient (Wildman–Crippen LogP) is 9.87. The van der Waals surface area contributed by atoms with Gasteiger partial charge >= 0.3 is 0 Å². The van der Waals surface area contributed by atoms with Crippen LogP contribution in [0, 0.1) is 20.8 Å². The molecule has 0 atom stereocenters. The molecule has 4 aromatic carbocycles. The van der Waals surface area contributed by atoms with Crippen LogP contribution in [0.4, 0.5) is 0 Å². The molecule has 0 aliphatic rings. The maximum absolute atomic E-state index is 6.51. The summed E-state index contributed by atoms with van der Waals surface area (Å²) in [5.41, 5.74) is 10.1. The number of ether oxygens (including phenoxy) is 1. The Hall–Kier alpha value is -5.16. The molecule has 7 rings (SSSR count). The zero-order chi connectivity index (χ0) is 29.7. The zero-order valence-corrected chi connectivity index (χ0v) is 25.2. The van der Waals surface area contributed by atoms with E-state index in [0.717, 1.165) is 51.0 Å². The van der Waals surface area contributed by atoms with Gasteiger partial charge in [-0.1, -0.05) is 56.3 Å². The van der Waals surface area contributed by atoms with Crippen molar-refractivity contribution in [2.75, 3.05) is 0 Å². The molecule has 0 bridgehead atoms. The third-order valence-corrected chi connectivity index (χ3v) is 8.21. The summed E-state index contributed by atoms with van der Waals surface area (Å²) in [5, 5.41) is 7.29. The minimum atomic E-state index is 0.445. The largest absolute Gasteiger partial charge is 0.457 e. The van der Waals surface area contributed by atoms with Crippen molar-refractivity contribution in [1.29, 1.82) is 0 Å². The number of rotatable bonds is 6. The van der Waals surface area contributed by atoms with E-state index < -0.39 is 0 Å². The van der Waals surface area contributed by atoms with Crippen LogP contribution < -0.4 is 4.74 Å². The minimum Gasteiger partial charge on any atom is -0.457 e. The van der Waals surface area contributed by atoms with Crippen LogP contribution in [0.2, 0.25) is 0 Å². The molecule has 0 saturated carbocycles. The molecule has 0 saturated heterocycles. The Morgan fingerprint density at radius 2 is 1.51 bits per heavy atom. The van der Waals surface area contributed by atoms with Crippen LogP contribution in [0.15, 0.2) is 109 Å². The average molecular weight is 563 g/mol. The van der Waals surface area contributed by atoms with Crippen LogP contribution in [0.5, 0.6) is 11.5 Å². The van der Waals surface area contributed by atoms with Crippen LogP contribution in [0.3, 0.4) is 0 Å². The highest BCUT2D eigenvalue weighted by Crippen LogP contribution is 2.37. The summed E-state index contributed by atoms with van der Waals surface area (Å²) >= 11 is 0. The molecule has 0 amide bonds. The number of aryl methyl sites for hydroxylation is 2. The zero-order valence-electron chi connectivity index (χ0n) is 25.2. The number of nitrogens with zero attached hydrogens (tertiary/aromatic N) is 4. The molecule has 7 aromatic rings. The van der Waals surface area contributed by atoms with Gasteiger partial charge in [-0.15, -0.1) is 0 Å². The van der Waals surface area contributed by atoms with E-state index in [1.165, 1.54) is 27.5 Å². The Kier molecular flexibility index (Phi) is 6.58. The quantitative estimate of drug-likeness (QED) is 0.203. The van der Waals surface area contributed by atoms with Crippen molar-refractivity contribution in [3.8, 4) is 34.1 Å². The van der Waals surface area contributed by atoms with Gasteiger partial charge in [0, 0.05) is 40.4 Å². The van der Waals surface area contributed by atoms with Crippen molar-refractivity contribution in [2.45, 2.75) is 40.5 Å². The second kappa shape index (κ2) is 10.6. The summed E-state index contributed by atoms with van der Waals surface area (Å²) in [7, 11) is 0. The van der Waals surface area contributed by atoms with Crippen molar-refractivity contribution < 1.29 is 4.74 Å². The number of hydrogen-bond donors (Lipinski definition) is 0. The van der Waals surface area contributed by atoms with Crippen molar-refractivity contribution in [3.63, 3.8) is 0 Å². The number of aromatic nitrogens is 4. The molecule has 0 spiro atoms. The van der Waals surface area contributed by atoms with E-state index in [9.17, 15) is 0 Å². The smallest absolute Gasteiger partial charge is 0.137 e. The van der Waals surface area contributed by atoms with Gasteiger partial charge in [0.2, 0.25) is 0 Å². The van der Waals surface area contributed by atoms with E-state index in [4.69, 9.17) is 14.8 Å². The molecule has 0 N–H and O–H groups in total. The molecule has 0 aliphatic carbocycles. The lowest BCUT2D eigenvalue weighted by atomic mass is 10.0. The first-order valence-corrected chi connectivity index (χ1v) is 14.8. The molecule has 5 nitrogen and oxygen atoms in total. The SMILES string of the molecule is Cc1ccnc(-n2c3ccc(C(C)C)cc3c3ccc(Oc4cccc(-n5nc(C)c(-c6ccccc6)c5C)c4)cc32)c1. The molecular formula is C38H34N4O. The number of fused-ring (bicyclic) bond motifs is 3. The van der Waals surface area contributed by atoms with E-state index in [1.807, 2.05) is 41.2 Å². The monoisotopic (exact) mass is 562 g/mol. The lowest BCUT2D eigenvalue weighted by Gasteiger charge is -2.11. The Bertz CT molecular complexity index is 2120. The standard InChI is InChI=1S/C38H34N4O/c1-24(2)29-14-17-35-34(21-29)33-16-15-32(23-36(33)41(35)37-20-25(3)18-19-39-37)43-31-13-9-12-30(22-31)42-27(5)38(26(4)40-42)28-10-7-6-8-11-28/h6-24H,1-5H3. The van der Waals surface area contributed by atoms with Crippen molar-refractivity contribution in [1.82, 2.24) is 19.3 Å². The Morgan fingerprint density at radius 3 is 2.30 bits per heavy atom. The fourth-order valence-electron chi connectivity index (χ4n) is 6.06. The normalized spacial score (nSPS) is 11.6. The van der Waals surface area contributed by atoms with Gasteiger partial charge in [0.25, 0.3) is 0 Å². The van der Waals surface area contributed by atoms with Gasteiger partial charge < -0.3 is 4.74 Å². The summed E-state index contributed by atoms with van der Waals surface area (Å²) in [4.78, 5) is 4.75. The van der Waals surface area contributed by atoms with Crippen LogP contribution in [-0.4, -0.2) is 19.3 Å². The Morgan fingerprint density at radius 1 is 0.698 bits per heavy atom. The van der Waals surface area contributed by atoms with Gasteiger partial charge in [-0.3, -0.25) is 4.57 Å². The molecule has 0 unspecified atom stereocenters. The van der Waals surface area contributed by atoms with Crippen molar-refractivity contribution >= 4 is 21.8 Å². The fraction of sp³-hybridized carbons (Fsp3) is 0.158. The van der Waals surface area contributed by atoms with Gasteiger partial charge in [0.15, 0.2) is 0 Å². The molecule has 0 aliphatic heterocycles. The minimum absolute atomic E-state index is 0.445.